The fourth-order valence-corrected chi connectivity index (χ4v) is 3.91. The highest BCUT2D eigenvalue weighted by atomic mass is 16.5. The van der Waals surface area contributed by atoms with E-state index in [0.29, 0.717) is 17.4 Å². The summed E-state index contributed by atoms with van der Waals surface area (Å²) >= 11 is 0. The Kier molecular flexibility index (Phi) is 5.40. The van der Waals surface area contributed by atoms with Crippen molar-refractivity contribution in [1.29, 1.82) is 0 Å². The van der Waals surface area contributed by atoms with Gasteiger partial charge in [0.25, 0.3) is 0 Å². The van der Waals surface area contributed by atoms with Gasteiger partial charge in [-0.15, -0.1) is 0 Å². The van der Waals surface area contributed by atoms with E-state index in [1.807, 2.05) is 61.5 Å². The second-order valence-electron chi connectivity index (χ2n) is 7.53. The van der Waals surface area contributed by atoms with Crippen LogP contribution in [0.4, 0.5) is 0 Å². The molecule has 3 aromatic carbocycles. The maximum Gasteiger partial charge on any atom is 0.313 e. The summed E-state index contributed by atoms with van der Waals surface area (Å²) in [6.07, 6.45) is 2.46. The van der Waals surface area contributed by atoms with Gasteiger partial charge in [-0.2, -0.15) is 0 Å². The molecule has 1 aliphatic rings. The molecule has 0 aliphatic carbocycles. The van der Waals surface area contributed by atoms with Crippen molar-refractivity contribution in [1.82, 2.24) is 4.90 Å². The van der Waals surface area contributed by atoms with E-state index in [9.17, 15) is 9.59 Å². The Hall–Kier alpha value is -2.72. The van der Waals surface area contributed by atoms with E-state index in [1.54, 1.807) is 0 Å². The molecule has 1 aliphatic heterocycles. The van der Waals surface area contributed by atoms with Gasteiger partial charge >= 0.3 is 5.97 Å². The molecular formula is C24H25NO3. The molecule has 0 aromatic heterocycles. The Morgan fingerprint density at radius 3 is 2.54 bits per heavy atom. The van der Waals surface area contributed by atoms with Gasteiger partial charge in [-0.25, -0.2) is 0 Å². The Morgan fingerprint density at radius 2 is 1.71 bits per heavy atom. The number of fused-ring (bicyclic) bond motifs is 2. The summed E-state index contributed by atoms with van der Waals surface area (Å²) in [7, 11) is 0. The number of carbonyl (C=O) groups excluding carboxylic acids is 1. The molecule has 0 N–H and O–H groups in total. The number of likely N-dealkylation sites (tertiary alicyclic amines) is 1. The van der Waals surface area contributed by atoms with Crippen molar-refractivity contribution in [2.75, 3.05) is 26.2 Å². The van der Waals surface area contributed by atoms with Crippen molar-refractivity contribution in [2.45, 2.75) is 25.7 Å². The van der Waals surface area contributed by atoms with Crippen LogP contribution < -0.4 is 5.43 Å². The molecule has 0 saturated carbocycles. The maximum atomic E-state index is 12.9. The minimum atomic E-state index is -0.363. The molecule has 1 atom stereocenters. The first-order valence-corrected chi connectivity index (χ1v) is 9.98. The monoisotopic (exact) mass is 375 g/mol. The summed E-state index contributed by atoms with van der Waals surface area (Å²) in [5.74, 6) is -0.579. The minimum Gasteiger partial charge on any atom is -0.464 e. The van der Waals surface area contributed by atoms with Gasteiger partial charge in [0, 0.05) is 17.3 Å². The summed E-state index contributed by atoms with van der Waals surface area (Å²) in [4.78, 5) is 27.7. The molecule has 1 fully saturated rings. The summed E-state index contributed by atoms with van der Waals surface area (Å²) in [6, 6.07) is 17.1. The second-order valence-corrected chi connectivity index (χ2v) is 7.53. The Morgan fingerprint density at radius 1 is 1.00 bits per heavy atom. The third-order valence-corrected chi connectivity index (χ3v) is 5.67. The molecule has 1 unspecified atom stereocenters. The molecule has 1 heterocycles. The molecule has 0 amide bonds. The maximum absolute atomic E-state index is 12.9. The predicted octanol–water partition coefficient (Wildman–Crippen LogP) is 4.10. The quantitative estimate of drug-likeness (QED) is 0.630. The Balaban J connectivity index is 1.55. The summed E-state index contributed by atoms with van der Waals surface area (Å²) in [5.41, 5.74) is 0.885. The van der Waals surface area contributed by atoms with Gasteiger partial charge in [-0.3, -0.25) is 14.5 Å². The molecule has 28 heavy (non-hydrogen) atoms. The number of hydrogen-bond acceptors (Lipinski definition) is 4. The number of benzene rings is 2. The smallest absolute Gasteiger partial charge is 0.313 e. The SMILES string of the molecule is CC(C(=O)OCCN1CCCC1)c1ccc2c(=O)c3ccccc3ccc2c1. The molecule has 144 valence electrons. The molecule has 1 saturated heterocycles. The second kappa shape index (κ2) is 8.11. The molecule has 0 bridgehead atoms. The molecule has 4 nitrogen and oxygen atoms in total. The normalized spacial score (nSPS) is 15.8. The third kappa shape index (κ3) is 3.78. The van der Waals surface area contributed by atoms with E-state index in [1.165, 1.54) is 12.8 Å². The van der Waals surface area contributed by atoms with E-state index < -0.39 is 0 Å². The standard InChI is InChI=1S/C24H25NO3/c1-17(24(27)28-15-14-25-12-4-5-13-25)19-10-11-22-20(16-19)9-8-18-6-2-3-7-21(18)23(22)26/h2-3,6-11,16-17H,4-5,12-15H2,1H3. The van der Waals surface area contributed by atoms with Crippen LogP contribution in [0.1, 0.15) is 31.2 Å². The van der Waals surface area contributed by atoms with Gasteiger partial charge in [0.05, 0.1) is 5.92 Å². The molecule has 4 rings (SSSR count). The Bertz CT molecular complexity index is 1070. The van der Waals surface area contributed by atoms with Crippen LogP contribution in [0, 0.1) is 0 Å². The molecular weight excluding hydrogens is 350 g/mol. The van der Waals surface area contributed by atoms with Gasteiger partial charge in [0.1, 0.15) is 6.61 Å². The number of nitrogens with zero attached hydrogens (tertiary/aromatic N) is 1. The lowest BCUT2D eigenvalue weighted by atomic mass is 9.98. The van der Waals surface area contributed by atoms with Crippen LogP contribution in [0.2, 0.25) is 0 Å². The van der Waals surface area contributed by atoms with Crippen molar-refractivity contribution in [3.8, 4) is 0 Å². The fourth-order valence-electron chi connectivity index (χ4n) is 3.91. The van der Waals surface area contributed by atoms with E-state index in [0.717, 1.165) is 36.0 Å². The number of rotatable bonds is 5. The first kappa shape index (κ1) is 18.6. The molecule has 0 radical (unpaired) electrons. The van der Waals surface area contributed by atoms with Gasteiger partial charge in [-0.05, 0) is 49.2 Å². The molecule has 0 spiro atoms. The van der Waals surface area contributed by atoms with Crippen LogP contribution in [0.15, 0.2) is 59.4 Å². The van der Waals surface area contributed by atoms with Crippen LogP contribution in [-0.4, -0.2) is 37.1 Å². The van der Waals surface area contributed by atoms with E-state index in [4.69, 9.17) is 4.74 Å². The van der Waals surface area contributed by atoms with Crippen molar-refractivity contribution < 1.29 is 9.53 Å². The van der Waals surface area contributed by atoms with Crippen LogP contribution in [0.5, 0.6) is 0 Å². The third-order valence-electron chi connectivity index (χ3n) is 5.67. The van der Waals surface area contributed by atoms with Crippen molar-refractivity contribution >= 4 is 27.5 Å². The van der Waals surface area contributed by atoms with Crippen LogP contribution in [-0.2, 0) is 9.53 Å². The van der Waals surface area contributed by atoms with E-state index >= 15 is 0 Å². The number of ether oxygens (including phenoxy) is 1. The van der Waals surface area contributed by atoms with Gasteiger partial charge in [0.2, 0.25) is 0 Å². The van der Waals surface area contributed by atoms with Crippen LogP contribution >= 0.6 is 0 Å². The topological polar surface area (TPSA) is 46.6 Å². The lowest BCUT2D eigenvalue weighted by molar-refractivity contribution is -0.145. The number of esters is 1. The zero-order valence-corrected chi connectivity index (χ0v) is 16.2. The minimum absolute atomic E-state index is 0.0167. The predicted molar refractivity (Wildman–Crippen MR) is 113 cm³/mol. The number of carbonyl (C=O) groups is 1. The zero-order valence-electron chi connectivity index (χ0n) is 16.2. The highest BCUT2D eigenvalue weighted by Gasteiger charge is 2.18. The first-order valence-electron chi connectivity index (χ1n) is 9.98. The molecule has 4 heteroatoms. The lowest BCUT2D eigenvalue weighted by Gasteiger charge is -2.16. The zero-order chi connectivity index (χ0) is 19.5. The Labute approximate surface area is 164 Å². The first-order chi connectivity index (χ1) is 13.6. The van der Waals surface area contributed by atoms with Gasteiger partial charge in [-0.1, -0.05) is 54.6 Å². The van der Waals surface area contributed by atoms with Gasteiger partial charge in [0.15, 0.2) is 5.43 Å². The van der Waals surface area contributed by atoms with Crippen LogP contribution in [0.25, 0.3) is 21.5 Å². The highest BCUT2D eigenvalue weighted by molar-refractivity contribution is 5.94. The van der Waals surface area contributed by atoms with Crippen molar-refractivity contribution in [3.05, 3.63) is 70.4 Å². The summed E-state index contributed by atoms with van der Waals surface area (Å²) < 4.78 is 5.50. The van der Waals surface area contributed by atoms with E-state index in [2.05, 4.69) is 4.90 Å². The summed E-state index contributed by atoms with van der Waals surface area (Å²) in [6.45, 7) is 5.29. The van der Waals surface area contributed by atoms with Crippen molar-refractivity contribution in [2.24, 2.45) is 0 Å². The fraction of sp³-hybridized carbons (Fsp3) is 0.333. The summed E-state index contributed by atoms with van der Waals surface area (Å²) in [5, 5.41) is 3.13. The lowest BCUT2D eigenvalue weighted by Crippen LogP contribution is -2.26. The average Bonchev–Trinajstić information content (AvgIpc) is 3.20. The largest absolute Gasteiger partial charge is 0.464 e. The van der Waals surface area contributed by atoms with E-state index in [-0.39, 0.29) is 17.3 Å². The van der Waals surface area contributed by atoms with Crippen molar-refractivity contribution in [3.63, 3.8) is 0 Å². The molecule has 3 aromatic rings. The van der Waals surface area contributed by atoms with Gasteiger partial charge < -0.3 is 4.74 Å². The number of hydrogen-bond donors (Lipinski definition) is 0. The van der Waals surface area contributed by atoms with Crippen LogP contribution in [0.3, 0.4) is 0 Å². The average molecular weight is 375 g/mol. The highest BCUT2D eigenvalue weighted by Crippen LogP contribution is 2.22.